The van der Waals surface area contributed by atoms with Crippen LogP contribution < -0.4 is 5.32 Å². The van der Waals surface area contributed by atoms with Crippen LogP contribution in [0.4, 0.5) is 11.4 Å². The molecule has 108 valence electrons. The second-order valence-corrected chi connectivity index (χ2v) is 5.94. The second-order valence-electron chi connectivity index (χ2n) is 3.92. The summed E-state index contributed by atoms with van der Waals surface area (Å²) in [5.74, 6) is 0. The number of nitriles is 1. The van der Waals surface area contributed by atoms with E-state index in [2.05, 4.69) is 5.32 Å². The van der Waals surface area contributed by atoms with Crippen molar-refractivity contribution in [2.24, 2.45) is 0 Å². The highest BCUT2D eigenvalue weighted by Crippen LogP contribution is 2.29. The van der Waals surface area contributed by atoms with Crippen molar-refractivity contribution in [3.63, 3.8) is 0 Å². The number of nitrogens with one attached hydrogen (secondary N) is 1. The van der Waals surface area contributed by atoms with Gasteiger partial charge in [-0.25, -0.2) is 8.42 Å². The molecule has 0 heterocycles. The molecule has 1 rings (SSSR count). The molecule has 20 heavy (non-hydrogen) atoms. The van der Waals surface area contributed by atoms with E-state index in [1.807, 2.05) is 6.07 Å². The number of nitro groups is 1. The van der Waals surface area contributed by atoms with Crippen LogP contribution in [0.3, 0.4) is 0 Å². The number of benzene rings is 1. The van der Waals surface area contributed by atoms with E-state index in [9.17, 15) is 18.5 Å². The Morgan fingerprint density at radius 2 is 2.15 bits per heavy atom. The Balaban J connectivity index is 3.31. The Bertz CT molecular complexity index is 651. The Morgan fingerprint density at radius 1 is 1.50 bits per heavy atom. The van der Waals surface area contributed by atoms with Gasteiger partial charge in [0.1, 0.15) is 0 Å². The molecule has 1 aromatic carbocycles. The van der Waals surface area contributed by atoms with Crippen LogP contribution in [-0.2, 0) is 10.0 Å². The van der Waals surface area contributed by atoms with Gasteiger partial charge in [-0.1, -0.05) is 0 Å². The van der Waals surface area contributed by atoms with Crippen molar-refractivity contribution in [2.75, 3.05) is 26.0 Å². The summed E-state index contributed by atoms with van der Waals surface area (Å²) in [7, 11) is -1.14. The molecule has 0 amide bonds. The first-order valence-electron chi connectivity index (χ1n) is 5.64. The lowest BCUT2D eigenvalue weighted by atomic mass is 10.3. The van der Waals surface area contributed by atoms with Crippen LogP contribution in [-0.4, -0.2) is 38.3 Å². The third-order valence-corrected chi connectivity index (χ3v) is 4.58. The molecule has 0 saturated carbocycles. The number of nitro benzene ring substituents is 1. The van der Waals surface area contributed by atoms with E-state index in [4.69, 9.17) is 5.26 Å². The molecule has 1 N–H and O–H groups in total. The van der Waals surface area contributed by atoms with Crippen LogP contribution in [0, 0.1) is 21.4 Å². The van der Waals surface area contributed by atoms with Gasteiger partial charge in [-0.3, -0.25) is 10.1 Å². The van der Waals surface area contributed by atoms with Crippen LogP contribution in [0.15, 0.2) is 23.1 Å². The quantitative estimate of drug-likeness (QED) is 0.622. The summed E-state index contributed by atoms with van der Waals surface area (Å²) in [5, 5.41) is 22.2. The fraction of sp³-hybridized carbons (Fsp3) is 0.364. The SMILES string of the molecule is CNc1ccc(S(=O)(=O)N(C)CCC#N)c([N+](=O)[O-])c1. The molecule has 0 saturated heterocycles. The summed E-state index contributed by atoms with van der Waals surface area (Å²) in [5.41, 5.74) is -0.0593. The van der Waals surface area contributed by atoms with Crippen LogP contribution in [0.25, 0.3) is 0 Å². The minimum atomic E-state index is -4.00. The van der Waals surface area contributed by atoms with E-state index in [1.54, 1.807) is 7.05 Å². The molecule has 0 aliphatic rings. The zero-order valence-corrected chi connectivity index (χ0v) is 11.8. The van der Waals surface area contributed by atoms with Crippen LogP contribution >= 0.6 is 0 Å². The largest absolute Gasteiger partial charge is 0.388 e. The van der Waals surface area contributed by atoms with Crippen molar-refractivity contribution < 1.29 is 13.3 Å². The third-order valence-electron chi connectivity index (χ3n) is 2.67. The summed E-state index contributed by atoms with van der Waals surface area (Å²) in [6.45, 7) is -0.0240. The standard InChI is InChI=1S/C11H14N4O4S/c1-13-9-4-5-11(10(8-9)15(16)17)20(18,19)14(2)7-3-6-12/h4-5,8,13H,3,7H2,1-2H3. The van der Waals surface area contributed by atoms with Crippen molar-refractivity contribution in [3.05, 3.63) is 28.3 Å². The molecule has 0 atom stereocenters. The molecular formula is C11H14N4O4S. The van der Waals surface area contributed by atoms with Gasteiger partial charge in [0.15, 0.2) is 4.90 Å². The average Bonchev–Trinajstić information content (AvgIpc) is 2.43. The lowest BCUT2D eigenvalue weighted by Gasteiger charge is -2.16. The molecule has 0 bridgehead atoms. The molecule has 0 radical (unpaired) electrons. The monoisotopic (exact) mass is 298 g/mol. The number of rotatable bonds is 6. The Kier molecular flexibility index (Phi) is 5.01. The maximum Gasteiger partial charge on any atom is 0.291 e. The lowest BCUT2D eigenvalue weighted by molar-refractivity contribution is -0.387. The normalized spacial score (nSPS) is 11.1. The fourth-order valence-electron chi connectivity index (χ4n) is 1.53. The highest BCUT2D eigenvalue weighted by atomic mass is 32.2. The van der Waals surface area contributed by atoms with E-state index in [-0.39, 0.29) is 17.9 Å². The zero-order valence-electron chi connectivity index (χ0n) is 11.0. The van der Waals surface area contributed by atoms with Gasteiger partial charge in [0.2, 0.25) is 10.0 Å². The van der Waals surface area contributed by atoms with Crippen LogP contribution in [0.2, 0.25) is 0 Å². The number of hydrogen-bond acceptors (Lipinski definition) is 6. The topological polar surface area (TPSA) is 116 Å². The summed E-state index contributed by atoms with van der Waals surface area (Å²) in [6.07, 6.45) is 0.0120. The minimum absolute atomic E-state index is 0.0120. The number of sulfonamides is 1. The number of hydrogen-bond donors (Lipinski definition) is 1. The smallest absolute Gasteiger partial charge is 0.291 e. The van der Waals surface area contributed by atoms with E-state index in [0.717, 1.165) is 10.4 Å². The van der Waals surface area contributed by atoms with Gasteiger partial charge in [0.05, 0.1) is 11.0 Å². The van der Waals surface area contributed by atoms with Gasteiger partial charge in [0.25, 0.3) is 5.69 Å². The molecule has 0 aliphatic heterocycles. The predicted molar refractivity (Wildman–Crippen MR) is 72.7 cm³/mol. The van der Waals surface area contributed by atoms with Crippen molar-refractivity contribution in [2.45, 2.75) is 11.3 Å². The molecule has 0 aliphatic carbocycles. The Hall–Kier alpha value is -2.18. The molecule has 9 heteroatoms. The summed E-state index contributed by atoms with van der Waals surface area (Å²) < 4.78 is 25.4. The van der Waals surface area contributed by atoms with Crippen molar-refractivity contribution in [3.8, 4) is 6.07 Å². The van der Waals surface area contributed by atoms with E-state index in [1.165, 1.54) is 19.2 Å². The van der Waals surface area contributed by atoms with Crippen LogP contribution in [0.5, 0.6) is 0 Å². The van der Waals surface area contributed by atoms with Gasteiger partial charge < -0.3 is 5.32 Å². The van der Waals surface area contributed by atoms with Crippen LogP contribution in [0.1, 0.15) is 6.42 Å². The molecule has 8 nitrogen and oxygen atoms in total. The van der Waals surface area contributed by atoms with Gasteiger partial charge >= 0.3 is 0 Å². The molecule has 0 spiro atoms. The maximum atomic E-state index is 12.3. The highest BCUT2D eigenvalue weighted by Gasteiger charge is 2.29. The third kappa shape index (κ3) is 3.23. The van der Waals surface area contributed by atoms with E-state index < -0.39 is 20.6 Å². The first kappa shape index (κ1) is 15.9. The highest BCUT2D eigenvalue weighted by molar-refractivity contribution is 7.89. The summed E-state index contributed by atoms with van der Waals surface area (Å²) in [4.78, 5) is 9.88. The molecule has 0 unspecified atom stereocenters. The number of nitrogens with zero attached hydrogens (tertiary/aromatic N) is 3. The first-order chi connectivity index (χ1) is 9.34. The zero-order chi connectivity index (χ0) is 15.3. The molecule has 1 aromatic rings. The second kappa shape index (κ2) is 6.31. The van der Waals surface area contributed by atoms with Crippen molar-refractivity contribution in [1.29, 1.82) is 5.26 Å². The Labute approximate surface area is 116 Å². The summed E-state index contributed by atoms with van der Waals surface area (Å²) in [6, 6.07) is 5.61. The summed E-state index contributed by atoms with van der Waals surface area (Å²) >= 11 is 0. The Morgan fingerprint density at radius 3 is 2.65 bits per heavy atom. The van der Waals surface area contributed by atoms with Gasteiger partial charge in [-0.2, -0.15) is 9.57 Å². The van der Waals surface area contributed by atoms with E-state index >= 15 is 0 Å². The van der Waals surface area contributed by atoms with E-state index in [0.29, 0.717) is 5.69 Å². The predicted octanol–water partition coefficient (Wildman–Crippen LogP) is 1.17. The lowest BCUT2D eigenvalue weighted by Crippen LogP contribution is -2.28. The fourth-order valence-corrected chi connectivity index (χ4v) is 2.83. The number of anilines is 1. The average molecular weight is 298 g/mol. The van der Waals surface area contributed by atoms with Gasteiger partial charge in [-0.15, -0.1) is 0 Å². The minimum Gasteiger partial charge on any atom is -0.388 e. The van der Waals surface area contributed by atoms with Crippen molar-refractivity contribution >= 4 is 21.4 Å². The molecule has 0 fully saturated rings. The van der Waals surface area contributed by atoms with Gasteiger partial charge in [0, 0.05) is 38.8 Å². The van der Waals surface area contributed by atoms with Crippen molar-refractivity contribution in [1.82, 2.24) is 4.31 Å². The first-order valence-corrected chi connectivity index (χ1v) is 7.08. The maximum absolute atomic E-state index is 12.3. The molecule has 0 aromatic heterocycles. The molecular weight excluding hydrogens is 284 g/mol. The van der Waals surface area contributed by atoms with Gasteiger partial charge in [-0.05, 0) is 12.1 Å².